The van der Waals surface area contributed by atoms with Crippen molar-refractivity contribution in [2.45, 2.75) is 0 Å². The largest absolute Gasteiger partial charge is 0.478 e. The number of benzene rings is 2. The summed E-state index contributed by atoms with van der Waals surface area (Å²) in [6.07, 6.45) is 0. The first-order valence-corrected chi connectivity index (χ1v) is 7.71. The lowest BCUT2D eigenvalue weighted by atomic mass is 10.2. The molecule has 90 valence electrons. The van der Waals surface area contributed by atoms with E-state index >= 15 is 0 Å². The van der Waals surface area contributed by atoms with E-state index in [-0.39, 0.29) is 5.56 Å². The fourth-order valence-electron chi connectivity index (χ4n) is 1.54. The molecular weight excluding hydrogens is 376 g/mol. The van der Waals surface area contributed by atoms with E-state index in [2.05, 4.69) is 44.0 Å². The molecule has 0 saturated carbocycles. The van der Waals surface area contributed by atoms with Crippen molar-refractivity contribution in [2.75, 3.05) is 0 Å². The number of hydrogen-bond acceptors (Lipinski definition) is 1. The molecule has 2 rings (SSSR count). The van der Waals surface area contributed by atoms with Gasteiger partial charge in [0, 0.05) is 8.95 Å². The summed E-state index contributed by atoms with van der Waals surface area (Å²) in [6.45, 7) is 0. The number of carboxylic acids is 1. The molecule has 0 bridgehead atoms. The Hall–Kier alpha value is -0.913. The Morgan fingerprint density at radius 1 is 1.00 bits per heavy atom. The van der Waals surface area contributed by atoms with Crippen LogP contribution in [-0.4, -0.2) is 20.6 Å². The van der Waals surface area contributed by atoms with E-state index in [1.165, 1.54) is 5.19 Å². The molecule has 0 aliphatic rings. The summed E-state index contributed by atoms with van der Waals surface area (Å²) >= 11 is 6.61. The van der Waals surface area contributed by atoms with E-state index < -0.39 is 5.97 Å². The van der Waals surface area contributed by atoms with E-state index in [0.717, 1.165) is 5.19 Å². The van der Waals surface area contributed by atoms with Crippen molar-refractivity contribution in [1.29, 1.82) is 0 Å². The molecule has 0 aliphatic heterocycles. The van der Waals surface area contributed by atoms with Gasteiger partial charge >= 0.3 is 5.97 Å². The van der Waals surface area contributed by atoms with Gasteiger partial charge in [0.15, 0.2) is 0 Å². The van der Waals surface area contributed by atoms with Gasteiger partial charge < -0.3 is 5.11 Å². The Morgan fingerprint density at radius 3 is 2.06 bits per heavy atom. The zero-order valence-corrected chi connectivity index (χ0v) is 13.3. The minimum atomic E-state index is -0.941. The van der Waals surface area contributed by atoms with Gasteiger partial charge in [0.2, 0.25) is 0 Å². The highest BCUT2D eigenvalue weighted by Gasteiger charge is 2.14. The van der Waals surface area contributed by atoms with Gasteiger partial charge in [-0.15, -0.1) is 0 Å². The molecule has 0 aliphatic carbocycles. The highest BCUT2D eigenvalue weighted by atomic mass is 79.9. The summed E-state index contributed by atoms with van der Waals surface area (Å²) in [7, 11) is 0.507. The molecule has 0 spiro atoms. The van der Waals surface area contributed by atoms with Crippen molar-refractivity contribution in [3.8, 4) is 0 Å². The summed E-state index contributed by atoms with van der Waals surface area (Å²) in [5, 5.41) is 11.4. The average molecular weight is 384 g/mol. The van der Waals surface area contributed by atoms with Gasteiger partial charge in [0.25, 0.3) is 0 Å². The van der Waals surface area contributed by atoms with Crippen LogP contribution >= 0.6 is 31.9 Å². The van der Waals surface area contributed by atoms with Gasteiger partial charge in [0.05, 0.1) is 5.56 Å². The fraction of sp³-hybridized carbons (Fsp3) is 0. The first kappa shape index (κ1) is 13.5. The van der Waals surface area contributed by atoms with Gasteiger partial charge in [0.1, 0.15) is 9.52 Å². The van der Waals surface area contributed by atoms with E-state index in [1.807, 2.05) is 30.3 Å². The monoisotopic (exact) mass is 382 g/mol. The summed E-state index contributed by atoms with van der Waals surface area (Å²) in [5.74, 6) is -0.941. The quantitative estimate of drug-likeness (QED) is 0.827. The molecule has 1 N–H and O–H groups in total. The van der Waals surface area contributed by atoms with Gasteiger partial charge in [-0.05, 0) is 44.0 Å². The number of carboxylic acid groups (broad SMARTS) is 1. The summed E-state index contributed by atoms with van der Waals surface area (Å²) < 4.78 is 1.20. The average Bonchev–Trinajstić information content (AvgIpc) is 2.28. The van der Waals surface area contributed by atoms with Crippen LogP contribution in [0.2, 0.25) is 0 Å². The molecule has 0 atom stereocenters. The molecular formula is C13H8Br2O2Si. The second-order valence-electron chi connectivity index (χ2n) is 3.61. The van der Waals surface area contributed by atoms with Crippen molar-refractivity contribution in [3.63, 3.8) is 0 Å². The van der Waals surface area contributed by atoms with Gasteiger partial charge in [-0.1, -0.05) is 40.7 Å². The fourth-order valence-corrected chi connectivity index (χ4v) is 4.61. The summed E-state index contributed by atoms with van der Waals surface area (Å²) in [6, 6.07) is 13.8. The van der Waals surface area contributed by atoms with E-state index in [1.54, 1.807) is 0 Å². The van der Waals surface area contributed by atoms with Crippen LogP contribution in [0, 0.1) is 0 Å². The molecule has 2 radical (unpaired) electrons. The van der Waals surface area contributed by atoms with Crippen LogP contribution in [0.15, 0.2) is 51.4 Å². The van der Waals surface area contributed by atoms with Gasteiger partial charge in [-0.25, -0.2) is 4.79 Å². The minimum absolute atomic E-state index is 0.261. The molecule has 2 aromatic rings. The second kappa shape index (κ2) is 5.82. The van der Waals surface area contributed by atoms with Crippen molar-refractivity contribution < 1.29 is 9.90 Å². The van der Waals surface area contributed by atoms with Gasteiger partial charge in [-0.2, -0.15) is 0 Å². The number of hydrogen-bond donors (Lipinski definition) is 1. The van der Waals surface area contributed by atoms with Crippen LogP contribution in [0.3, 0.4) is 0 Å². The van der Waals surface area contributed by atoms with E-state index in [9.17, 15) is 4.79 Å². The van der Waals surface area contributed by atoms with Crippen LogP contribution in [0.5, 0.6) is 0 Å². The predicted molar refractivity (Wildman–Crippen MR) is 80.3 cm³/mol. The molecule has 5 heteroatoms. The highest BCUT2D eigenvalue weighted by molar-refractivity contribution is 9.11. The van der Waals surface area contributed by atoms with Crippen LogP contribution in [0.25, 0.3) is 0 Å². The maximum Gasteiger partial charge on any atom is 0.337 e. The Kier molecular flexibility index (Phi) is 4.37. The maximum atomic E-state index is 11.1. The molecule has 0 amide bonds. The number of carbonyl (C=O) groups is 1. The van der Waals surface area contributed by atoms with Crippen molar-refractivity contribution in [3.05, 3.63) is 57.0 Å². The Labute approximate surface area is 124 Å². The topological polar surface area (TPSA) is 37.3 Å². The normalized spacial score (nSPS) is 10.3. The second-order valence-corrected chi connectivity index (χ2v) is 6.72. The first-order chi connectivity index (χ1) is 8.58. The van der Waals surface area contributed by atoms with Crippen molar-refractivity contribution in [2.24, 2.45) is 0 Å². The molecule has 0 unspecified atom stereocenters. The molecule has 18 heavy (non-hydrogen) atoms. The molecule has 0 saturated heterocycles. The van der Waals surface area contributed by atoms with E-state index in [0.29, 0.717) is 18.5 Å². The summed E-state index contributed by atoms with van der Waals surface area (Å²) in [5.41, 5.74) is 0.261. The number of halogens is 2. The zero-order chi connectivity index (χ0) is 13.1. The van der Waals surface area contributed by atoms with E-state index in [4.69, 9.17) is 5.11 Å². The lowest BCUT2D eigenvalue weighted by Gasteiger charge is -2.06. The molecule has 0 aromatic heterocycles. The van der Waals surface area contributed by atoms with Crippen molar-refractivity contribution in [1.82, 2.24) is 0 Å². The number of rotatable bonds is 3. The highest BCUT2D eigenvalue weighted by Crippen LogP contribution is 2.23. The molecule has 2 aromatic carbocycles. The standard InChI is InChI=1S/C13H8Br2O2Si/c14-10-6-9(7-11(15)12(10)13(16)17)18-8-4-2-1-3-5-8/h1-7H,(H,16,17). The Morgan fingerprint density at radius 2 is 1.56 bits per heavy atom. The smallest absolute Gasteiger partial charge is 0.337 e. The lowest BCUT2D eigenvalue weighted by molar-refractivity contribution is 0.0695. The third-order valence-corrected chi connectivity index (χ3v) is 4.77. The van der Waals surface area contributed by atoms with Crippen LogP contribution in [-0.2, 0) is 0 Å². The molecule has 0 fully saturated rings. The minimum Gasteiger partial charge on any atom is -0.478 e. The van der Waals surface area contributed by atoms with Crippen LogP contribution in [0.4, 0.5) is 0 Å². The SMILES string of the molecule is O=C(O)c1c(Br)cc([Si]c2ccccc2)cc1Br. The van der Waals surface area contributed by atoms with Crippen LogP contribution < -0.4 is 10.4 Å². The third kappa shape index (κ3) is 3.10. The zero-order valence-electron chi connectivity index (χ0n) is 9.15. The van der Waals surface area contributed by atoms with Gasteiger partial charge in [-0.3, -0.25) is 0 Å². The Balaban J connectivity index is 2.34. The number of aromatic carboxylic acids is 1. The predicted octanol–water partition coefficient (Wildman–Crippen LogP) is 2.56. The first-order valence-electron chi connectivity index (χ1n) is 5.12. The molecule has 0 heterocycles. The van der Waals surface area contributed by atoms with Crippen LogP contribution in [0.1, 0.15) is 10.4 Å². The van der Waals surface area contributed by atoms with Crippen molar-refractivity contribution >= 4 is 57.7 Å². The lowest BCUT2D eigenvalue weighted by Crippen LogP contribution is -2.27. The Bertz CT molecular complexity index is 562. The third-order valence-electron chi connectivity index (χ3n) is 2.32. The molecule has 2 nitrogen and oxygen atoms in total. The summed E-state index contributed by atoms with van der Waals surface area (Å²) in [4.78, 5) is 11.1. The maximum absolute atomic E-state index is 11.1.